The summed E-state index contributed by atoms with van der Waals surface area (Å²) in [6.45, 7) is 1.45. The summed E-state index contributed by atoms with van der Waals surface area (Å²) in [4.78, 5) is 23.3. The van der Waals surface area contributed by atoms with Gasteiger partial charge in [-0.1, -0.05) is 29.3 Å². The molecule has 2 rings (SSSR count). The van der Waals surface area contributed by atoms with Crippen molar-refractivity contribution in [3.05, 3.63) is 33.8 Å². The van der Waals surface area contributed by atoms with Crippen LogP contribution in [0.5, 0.6) is 0 Å². The van der Waals surface area contributed by atoms with Crippen molar-refractivity contribution in [2.45, 2.75) is 12.2 Å². The van der Waals surface area contributed by atoms with Gasteiger partial charge in [-0.25, -0.2) is 0 Å². The third-order valence-electron chi connectivity index (χ3n) is 2.77. The Balaban J connectivity index is 2.30. The molecule has 1 heterocycles. The van der Waals surface area contributed by atoms with Crippen LogP contribution in [0.1, 0.15) is 17.7 Å². The second-order valence-electron chi connectivity index (χ2n) is 3.94. The fourth-order valence-corrected chi connectivity index (χ4v) is 3.89. The van der Waals surface area contributed by atoms with Crippen molar-refractivity contribution < 1.29 is 9.59 Å². The van der Waals surface area contributed by atoms with Gasteiger partial charge in [0.05, 0.1) is 11.2 Å². The van der Waals surface area contributed by atoms with Crippen molar-refractivity contribution in [1.29, 1.82) is 0 Å². The number of rotatable bonds is 2. The molecule has 0 saturated carbocycles. The number of carbonyl (C=O) groups is 2. The molecule has 0 bridgehead atoms. The maximum absolute atomic E-state index is 12.1. The fraction of sp³-hybridized carbons (Fsp3) is 0.333. The number of carbonyl (C=O) groups excluding carboxylic acids is 2. The highest BCUT2D eigenvalue weighted by Gasteiger charge is 2.39. The van der Waals surface area contributed by atoms with Crippen molar-refractivity contribution in [2.24, 2.45) is 5.92 Å². The highest BCUT2D eigenvalue weighted by molar-refractivity contribution is 8.00. The number of hydrogen-bond acceptors (Lipinski definition) is 3. The Hall–Kier alpha value is -0.510. The Kier molecular flexibility index (Phi) is 3.81. The Morgan fingerprint density at radius 2 is 2.12 bits per heavy atom. The highest BCUT2D eigenvalue weighted by atomic mass is 35.5. The van der Waals surface area contributed by atoms with Crippen molar-refractivity contribution in [2.75, 3.05) is 5.75 Å². The van der Waals surface area contributed by atoms with E-state index in [2.05, 4.69) is 0 Å². The van der Waals surface area contributed by atoms with Crippen LogP contribution in [0.3, 0.4) is 0 Å². The third-order valence-corrected chi connectivity index (χ3v) is 4.67. The van der Waals surface area contributed by atoms with Crippen LogP contribution in [0.25, 0.3) is 0 Å². The normalized spacial score (nSPS) is 24.1. The Morgan fingerprint density at radius 3 is 2.65 bits per heavy atom. The molecule has 17 heavy (non-hydrogen) atoms. The predicted molar refractivity (Wildman–Crippen MR) is 70.8 cm³/mol. The average molecular weight is 289 g/mol. The number of ketones is 2. The number of hydrogen-bond donors (Lipinski definition) is 0. The van der Waals surface area contributed by atoms with E-state index in [-0.39, 0.29) is 16.8 Å². The third kappa shape index (κ3) is 2.51. The summed E-state index contributed by atoms with van der Waals surface area (Å²) in [5.41, 5.74) is 0.745. The molecule has 1 saturated heterocycles. The van der Waals surface area contributed by atoms with Crippen molar-refractivity contribution >= 4 is 46.5 Å². The zero-order valence-electron chi connectivity index (χ0n) is 9.07. The summed E-state index contributed by atoms with van der Waals surface area (Å²) in [5.74, 6) is -0.0730. The smallest absolute Gasteiger partial charge is 0.161 e. The summed E-state index contributed by atoms with van der Waals surface area (Å²) in [6.07, 6.45) is 0. The lowest BCUT2D eigenvalue weighted by Crippen LogP contribution is -2.20. The molecule has 1 aromatic rings. The van der Waals surface area contributed by atoms with Crippen molar-refractivity contribution in [3.63, 3.8) is 0 Å². The molecule has 0 radical (unpaired) electrons. The zero-order valence-corrected chi connectivity index (χ0v) is 11.4. The summed E-state index contributed by atoms with van der Waals surface area (Å²) >= 11 is 13.3. The zero-order chi connectivity index (χ0) is 12.6. The second-order valence-corrected chi connectivity index (χ2v) is 5.93. The minimum Gasteiger partial charge on any atom is -0.299 e. The molecule has 0 aromatic heterocycles. The van der Waals surface area contributed by atoms with Gasteiger partial charge in [0.25, 0.3) is 0 Å². The van der Waals surface area contributed by atoms with Gasteiger partial charge in [0.2, 0.25) is 0 Å². The van der Waals surface area contributed by atoms with E-state index >= 15 is 0 Å². The van der Waals surface area contributed by atoms with E-state index in [1.165, 1.54) is 18.7 Å². The second kappa shape index (κ2) is 5.01. The van der Waals surface area contributed by atoms with E-state index < -0.39 is 5.92 Å². The van der Waals surface area contributed by atoms with Gasteiger partial charge < -0.3 is 0 Å². The fourth-order valence-electron chi connectivity index (χ4n) is 1.81. The number of halogens is 2. The Labute approximate surface area is 114 Å². The molecule has 0 amide bonds. The van der Waals surface area contributed by atoms with Crippen LogP contribution in [-0.4, -0.2) is 17.3 Å². The van der Waals surface area contributed by atoms with E-state index in [4.69, 9.17) is 23.2 Å². The van der Waals surface area contributed by atoms with Crippen LogP contribution in [0.2, 0.25) is 10.0 Å². The monoisotopic (exact) mass is 288 g/mol. The van der Waals surface area contributed by atoms with Gasteiger partial charge in [0, 0.05) is 15.8 Å². The van der Waals surface area contributed by atoms with E-state index in [1.807, 2.05) is 0 Å². The van der Waals surface area contributed by atoms with Crippen LogP contribution in [0.4, 0.5) is 0 Å². The van der Waals surface area contributed by atoms with Gasteiger partial charge in [-0.2, -0.15) is 0 Å². The standard InChI is InChI=1S/C12H10Cl2O2S/c1-6(15)9-5-17-12(11(9)16)8-3-2-7(13)4-10(8)14/h2-4,9,12H,5H2,1H3. The molecule has 2 nitrogen and oxygen atoms in total. The molecule has 5 heteroatoms. The van der Waals surface area contributed by atoms with Gasteiger partial charge >= 0.3 is 0 Å². The van der Waals surface area contributed by atoms with Crippen LogP contribution in [0, 0.1) is 5.92 Å². The van der Waals surface area contributed by atoms with E-state index in [1.54, 1.807) is 18.2 Å². The first-order chi connectivity index (χ1) is 8.00. The maximum Gasteiger partial charge on any atom is 0.161 e. The number of benzene rings is 1. The van der Waals surface area contributed by atoms with Gasteiger partial charge in [-0.15, -0.1) is 11.8 Å². The summed E-state index contributed by atoms with van der Waals surface area (Å²) < 4.78 is 0. The van der Waals surface area contributed by atoms with Crippen LogP contribution in [-0.2, 0) is 9.59 Å². The van der Waals surface area contributed by atoms with E-state index in [0.29, 0.717) is 15.8 Å². The van der Waals surface area contributed by atoms with Crippen molar-refractivity contribution in [3.8, 4) is 0 Å². The van der Waals surface area contributed by atoms with Crippen LogP contribution in [0.15, 0.2) is 18.2 Å². The Bertz CT molecular complexity index is 487. The van der Waals surface area contributed by atoms with Crippen LogP contribution >= 0.6 is 35.0 Å². The lowest BCUT2D eigenvalue weighted by Gasteiger charge is -2.10. The van der Waals surface area contributed by atoms with E-state index in [0.717, 1.165) is 5.56 Å². The molecule has 1 aromatic carbocycles. The molecule has 1 aliphatic rings. The minimum absolute atomic E-state index is 0.0493. The summed E-state index contributed by atoms with van der Waals surface area (Å²) in [5, 5.41) is 0.679. The lowest BCUT2D eigenvalue weighted by atomic mass is 9.96. The van der Waals surface area contributed by atoms with Gasteiger partial charge in [-0.05, 0) is 24.6 Å². The van der Waals surface area contributed by atoms with Gasteiger partial charge in [0.15, 0.2) is 5.78 Å². The molecule has 2 atom stereocenters. The van der Waals surface area contributed by atoms with Gasteiger partial charge in [0.1, 0.15) is 5.78 Å². The topological polar surface area (TPSA) is 34.1 Å². The first-order valence-corrected chi connectivity index (χ1v) is 6.92. The molecule has 0 spiro atoms. The SMILES string of the molecule is CC(=O)C1CSC(c2ccc(Cl)cc2Cl)C1=O. The summed E-state index contributed by atoms with van der Waals surface area (Å²) in [7, 11) is 0. The molecule has 1 aliphatic heterocycles. The number of thioether (sulfide) groups is 1. The predicted octanol–water partition coefficient (Wildman–Crippen LogP) is 3.56. The maximum atomic E-state index is 12.1. The average Bonchev–Trinajstić information content (AvgIpc) is 2.60. The molecule has 90 valence electrons. The molecular formula is C12H10Cl2O2S. The highest BCUT2D eigenvalue weighted by Crippen LogP contribution is 2.43. The van der Waals surface area contributed by atoms with Crippen molar-refractivity contribution in [1.82, 2.24) is 0 Å². The lowest BCUT2D eigenvalue weighted by molar-refractivity contribution is -0.129. The number of Topliss-reactive ketones (excluding diaryl/α,β-unsaturated/α-hetero) is 2. The quantitative estimate of drug-likeness (QED) is 0.781. The van der Waals surface area contributed by atoms with Gasteiger partial charge in [-0.3, -0.25) is 9.59 Å². The molecule has 0 N–H and O–H groups in total. The first-order valence-electron chi connectivity index (χ1n) is 5.11. The molecule has 0 aliphatic carbocycles. The molecule has 1 fully saturated rings. The minimum atomic E-state index is -0.489. The largest absolute Gasteiger partial charge is 0.299 e. The molecular weight excluding hydrogens is 279 g/mol. The summed E-state index contributed by atoms with van der Waals surface area (Å²) in [6, 6.07) is 5.08. The Morgan fingerprint density at radius 1 is 1.41 bits per heavy atom. The molecule has 2 unspecified atom stereocenters. The first kappa shape index (κ1) is 12.9. The van der Waals surface area contributed by atoms with E-state index in [9.17, 15) is 9.59 Å². The van der Waals surface area contributed by atoms with Crippen LogP contribution < -0.4 is 0 Å².